The second kappa shape index (κ2) is 8.79. The van der Waals surface area contributed by atoms with Gasteiger partial charge in [-0.25, -0.2) is 0 Å². The Labute approximate surface area is 187 Å². The molecule has 1 amide bonds. The summed E-state index contributed by atoms with van der Waals surface area (Å²) in [6.07, 6.45) is 0. The lowest BCUT2D eigenvalue weighted by Crippen LogP contribution is -2.16. The van der Waals surface area contributed by atoms with Crippen LogP contribution in [0, 0.1) is 0 Å². The molecule has 0 aliphatic heterocycles. The zero-order valence-corrected chi connectivity index (χ0v) is 18.3. The molecule has 0 spiro atoms. The average Bonchev–Trinajstić information content (AvgIpc) is 2.79. The van der Waals surface area contributed by atoms with Crippen molar-refractivity contribution < 1.29 is 14.3 Å². The minimum absolute atomic E-state index is 0.190. The van der Waals surface area contributed by atoms with Gasteiger partial charge in [-0.3, -0.25) is 9.59 Å². The quantitative estimate of drug-likeness (QED) is 0.413. The summed E-state index contributed by atoms with van der Waals surface area (Å²) < 4.78 is 11.3. The van der Waals surface area contributed by atoms with Gasteiger partial charge >= 0.3 is 0 Å². The van der Waals surface area contributed by atoms with Crippen LogP contribution in [0.25, 0.3) is 21.2 Å². The van der Waals surface area contributed by atoms with Crippen molar-refractivity contribution in [3.63, 3.8) is 0 Å². The van der Waals surface area contributed by atoms with E-state index < -0.39 is 0 Å². The third kappa shape index (κ3) is 4.00. The van der Waals surface area contributed by atoms with E-state index >= 15 is 0 Å². The molecule has 3 aromatic carbocycles. The molecule has 0 bridgehead atoms. The molecule has 1 N–H and O–H groups in total. The maximum absolute atomic E-state index is 13.4. The van der Waals surface area contributed by atoms with E-state index in [4.69, 9.17) is 21.1 Å². The van der Waals surface area contributed by atoms with Crippen molar-refractivity contribution in [2.75, 3.05) is 19.5 Å². The highest BCUT2D eigenvalue weighted by atomic mass is 35.5. The maximum atomic E-state index is 13.4. The summed E-state index contributed by atoms with van der Waals surface area (Å²) in [4.78, 5) is 26.4. The first-order chi connectivity index (χ1) is 15.0. The predicted molar refractivity (Wildman–Crippen MR) is 126 cm³/mol. The molecule has 0 aliphatic rings. The molecule has 0 unspecified atom stereocenters. The minimum Gasteiger partial charge on any atom is -0.493 e. The molecule has 0 radical (unpaired) electrons. The summed E-state index contributed by atoms with van der Waals surface area (Å²) in [5.41, 5.74) is 1.11. The Hall–Kier alpha value is -3.35. The first-order valence-corrected chi connectivity index (χ1v) is 10.6. The molecule has 31 heavy (non-hydrogen) atoms. The van der Waals surface area contributed by atoms with Crippen LogP contribution in [0.15, 0.2) is 71.5 Å². The number of carbonyl (C=O) groups excluding carboxylic acids is 1. The van der Waals surface area contributed by atoms with Crippen LogP contribution < -0.4 is 20.2 Å². The standard InChI is InChI=1S/C24H18ClNO4S/c1-29-18-12-11-14(13-19(18)30-2)23(28)26-24-21(15-7-3-5-9-17(15)25)22(27)16-8-4-6-10-20(16)31-24/h3-13H,1-2H3,(H,26,28). The number of fused-ring (bicyclic) bond motifs is 1. The Kier molecular flexibility index (Phi) is 5.93. The van der Waals surface area contributed by atoms with Crippen molar-refractivity contribution in [1.82, 2.24) is 0 Å². The summed E-state index contributed by atoms with van der Waals surface area (Å²) in [6, 6.07) is 19.3. The smallest absolute Gasteiger partial charge is 0.256 e. The molecule has 0 aliphatic carbocycles. The summed E-state index contributed by atoms with van der Waals surface area (Å²) in [5, 5.41) is 4.34. The van der Waals surface area contributed by atoms with E-state index in [0.29, 0.717) is 43.6 Å². The van der Waals surface area contributed by atoms with Crippen LogP contribution in [-0.2, 0) is 0 Å². The van der Waals surface area contributed by atoms with Crippen LogP contribution >= 0.6 is 22.9 Å². The monoisotopic (exact) mass is 451 g/mol. The molecule has 4 rings (SSSR count). The van der Waals surface area contributed by atoms with Gasteiger partial charge in [-0.1, -0.05) is 41.9 Å². The SMILES string of the molecule is COc1ccc(C(=O)Nc2sc3ccccc3c(=O)c2-c2ccccc2Cl)cc1OC. The summed E-state index contributed by atoms with van der Waals surface area (Å²) in [5.74, 6) is 0.583. The fraction of sp³-hybridized carbons (Fsp3) is 0.0833. The van der Waals surface area contributed by atoms with Crippen LogP contribution in [0.2, 0.25) is 5.02 Å². The molecule has 5 nitrogen and oxygen atoms in total. The molecule has 0 atom stereocenters. The third-order valence-electron chi connectivity index (χ3n) is 4.81. The molecule has 1 heterocycles. The highest BCUT2D eigenvalue weighted by Crippen LogP contribution is 2.37. The summed E-state index contributed by atoms with van der Waals surface area (Å²) >= 11 is 7.73. The number of carbonyl (C=O) groups is 1. The van der Waals surface area contributed by atoms with Crippen molar-refractivity contribution in [2.45, 2.75) is 0 Å². The average molecular weight is 452 g/mol. The number of nitrogens with one attached hydrogen (secondary N) is 1. The van der Waals surface area contributed by atoms with E-state index in [0.717, 1.165) is 4.70 Å². The van der Waals surface area contributed by atoms with E-state index in [2.05, 4.69) is 5.32 Å². The molecule has 0 saturated carbocycles. The van der Waals surface area contributed by atoms with Crippen molar-refractivity contribution in [2.24, 2.45) is 0 Å². The van der Waals surface area contributed by atoms with Crippen molar-refractivity contribution in [3.8, 4) is 22.6 Å². The lowest BCUT2D eigenvalue weighted by molar-refractivity contribution is 0.102. The summed E-state index contributed by atoms with van der Waals surface area (Å²) in [7, 11) is 3.03. The Bertz CT molecular complexity index is 1350. The van der Waals surface area contributed by atoms with Crippen LogP contribution in [-0.4, -0.2) is 20.1 Å². The first kappa shape index (κ1) is 20.9. The topological polar surface area (TPSA) is 64.6 Å². The zero-order valence-electron chi connectivity index (χ0n) is 16.8. The van der Waals surface area contributed by atoms with Crippen LogP contribution in [0.3, 0.4) is 0 Å². The van der Waals surface area contributed by atoms with E-state index in [-0.39, 0.29) is 11.3 Å². The number of ether oxygens (including phenoxy) is 2. The van der Waals surface area contributed by atoms with Gasteiger partial charge < -0.3 is 14.8 Å². The molecule has 1 aromatic heterocycles. The number of anilines is 1. The number of hydrogen-bond acceptors (Lipinski definition) is 5. The van der Waals surface area contributed by atoms with Gasteiger partial charge in [-0.2, -0.15) is 0 Å². The third-order valence-corrected chi connectivity index (χ3v) is 6.23. The maximum Gasteiger partial charge on any atom is 0.256 e. The number of methoxy groups -OCH3 is 2. The van der Waals surface area contributed by atoms with Crippen LogP contribution in [0.5, 0.6) is 11.5 Å². The lowest BCUT2D eigenvalue weighted by Gasteiger charge is -2.14. The first-order valence-electron chi connectivity index (χ1n) is 9.37. The summed E-state index contributed by atoms with van der Waals surface area (Å²) in [6.45, 7) is 0. The molecule has 0 saturated heterocycles. The largest absolute Gasteiger partial charge is 0.493 e. The van der Waals surface area contributed by atoms with E-state index in [1.807, 2.05) is 18.2 Å². The Morgan fingerprint density at radius 3 is 2.39 bits per heavy atom. The Balaban J connectivity index is 1.85. The molecule has 156 valence electrons. The highest BCUT2D eigenvalue weighted by Gasteiger charge is 2.19. The van der Waals surface area contributed by atoms with Crippen LogP contribution in [0.4, 0.5) is 5.00 Å². The second-order valence-electron chi connectivity index (χ2n) is 6.64. The zero-order chi connectivity index (χ0) is 22.0. The molecule has 4 aromatic rings. The fourth-order valence-electron chi connectivity index (χ4n) is 3.29. The van der Waals surface area contributed by atoms with E-state index in [1.165, 1.54) is 25.6 Å². The van der Waals surface area contributed by atoms with Gasteiger partial charge in [-0.15, -0.1) is 11.3 Å². The number of rotatable bonds is 5. The number of halogens is 1. The molecule has 7 heteroatoms. The van der Waals surface area contributed by atoms with Gasteiger partial charge in [0.25, 0.3) is 5.91 Å². The van der Waals surface area contributed by atoms with E-state index in [1.54, 1.807) is 48.5 Å². The van der Waals surface area contributed by atoms with Gasteiger partial charge in [0.05, 0.1) is 19.8 Å². The Morgan fingerprint density at radius 2 is 1.65 bits per heavy atom. The Morgan fingerprint density at radius 1 is 0.935 bits per heavy atom. The lowest BCUT2D eigenvalue weighted by atomic mass is 10.1. The number of amides is 1. The molecule has 0 fully saturated rings. The van der Waals surface area contributed by atoms with Crippen molar-refractivity contribution in [1.29, 1.82) is 0 Å². The van der Waals surface area contributed by atoms with Gasteiger partial charge in [0.15, 0.2) is 16.9 Å². The predicted octanol–water partition coefficient (Wildman–Crippen LogP) is 5.85. The molecular formula is C24H18ClNO4S. The number of benzene rings is 3. The minimum atomic E-state index is -0.375. The van der Waals surface area contributed by atoms with Gasteiger partial charge in [0.2, 0.25) is 0 Å². The van der Waals surface area contributed by atoms with E-state index in [9.17, 15) is 9.59 Å². The highest BCUT2D eigenvalue weighted by molar-refractivity contribution is 7.22. The van der Waals surface area contributed by atoms with Crippen molar-refractivity contribution >= 4 is 43.9 Å². The fourth-order valence-corrected chi connectivity index (χ4v) is 4.61. The molecular weight excluding hydrogens is 434 g/mol. The van der Waals surface area contributed by atoms with Gasteiger partial charge in [0.1, 0.15) is 5.00 Å². The van der Waals surface area contributed by atoms with Gasteiger partial charge in [-0.05, 0) is 36.4 Å². The second-order valence-corrected chi connectivity index (χ2v) is 8.09. The number of hydrogen-bond donors (Lipinski definition) is 1. The normalized spacial score (nSPS) is 10.7. The van der Waals surface area contributed by atoms with Crippen LogP contribution in [0.1, 0.15) is 10.4 Å². The van der Waals surface area contributed by atoms with Gasteiger partial charge in [0, 0.05) is 26.2 Å². The van der Waals surface area contributed by atoms with Crippen molar-refractivity contribution in [3.05, 3.63) is 87.5 Å².